The molecule has 0 aromatic heterocycles. The Labute approximate surface area is 282 Å². The minimum Gasteiger partial charge on any atom is -0.493 e. The molecule has 0 fully saturated rings. The number of nitriles is 1. The van der Waals surface area contributed by atoms with Gasteiger partial charge in [0, 0.05) is 15.7 Å². The van der Waals surface area contributed by atoms with E-state index in [4.69, 9.17) is 24.2 Å². The Balaban J connectivity index is 1.41. The van der Waals surface area contributed by atoms with E-state index in [1.54, 1.807) is 50.2 Å². The van der Waals surface area contributed by atoms with Crippen LogP contribution in [0.4, 0.5) is 4.79 Å². The normalized spacial score (nSPS) is 14.2. The number of esters is 1. The molecule has 46 heavy (non-hydrogen) atoms. The zero-order chi connectivity index (χ0) is 33.2. The Bertz CT molecular complexity index is 1740. The summed E-state index contributed by atoms with van der Waals surface area (Å²) in [6.07, 6.45) is 1.45. The van der Waals surface area contributed by atoms with Gasteiger partial charge in [0.25, 0.3) is 5.91 Å². The van der Waals surface area contributed by atoms with E-state index in [1.807, 2.05) is 18.2 Å². The van der Waals surface area contributed by atoms with Crippen molar-refractivity contribution in [2.75, 3.05) is 20.3 Å². The minimum atomic E-state index is -0.788. The monoisotopic (exact) mass is 753 g/mol. The molecule has 4 rings (SSSR count). The average molecular weight is 755 g/mol. The van der Waals surface area contributed by atoms with Gasteiger partial charge in [0.2, 0.25) is 0 Å². The number of nitrogens with one attached hydrogen (secondary N) is 3. The van der Waals surface area contributed by atoms with Gasteiger partial charge in [-0.1, -0.05) is 34.1 Å². The summed E-state index contributed by atoms with van der Waals surface area (Å²) in [5, 5.41) is 18.4. The van der Waals surface area contributed by atoms with Crippen LogP contribution in [-0.4, -0.2) is 44.4 Å². The molecular formula is C32H29Br2N5O7. The molecule has 0 spiro atoms. The van der Waals surface area contributed by atoms with Gasteiger partial charge in [-0.3, -0.25) is 4.79 Å². The number of methoxy groups -OCH3 is 1. The Morgan fingerprint density at radius 3 is 2.54 bits per heavy atom. The zero-order valence-corrected chi connectivity index (χ0v) is 28.2. The van der Waals surface area contributed by atoms with Gasteiger partial charge in [0.15, 0.2) is 18.1 Å². The average Bonchev–Trinajstić information content (AvgIpc) is 3.03. The van der Waals surface area contributed by atoms with Crippen LogP contribution in [0.5, 0.6) is 17.2 Å². The topological polar surface area (TPSA) is 160 Å². The van der Waals surface area contributed by atoms with Gasteiger partial charge in [-0.15, -0.1) is 0 Å². The number of carbonyl (C=O) groups excluding carboxylic acids is 3. The van der Waals surface area contributed by atoms with Gasteiger partial charge >= 0.3 is 12.0 Å². The van der Waals surface area contributed by atoms with Gasteiger partial charge in [-0.2, -0.15) is 10.4 Å². The Kier molecular flexibility index (Phi) is 11.8. The van der Waals surface area contributed by atoms with Crippen molar-refractivity contribution in [3.05, 3.63) is 97.1 Å². The van der Waals surface area contributed by atoms with Crippen molar-refractivity contribution in [1.82, 2.24) is 16.1 Å². The fourth-order valence-corrected chi connectivity index (χ4v) is 5.79. The third-order valence-corrected chi connectivity index (χ3v) is 7.59. The van der Waals surface area contributed by atoms with E-state index in [-0.39, 0.29) is 36.9 Å². The highest BCUT2D eigenvalue weighted by atomic mass is 79.9. The lowest BCUT2D eigenvalue weighted by Crippen LogP contribution is -2.45. The number of hydrogen-bond donors (Lipinski definition) is 3. The first kappa shape index (κ1) is 34.0. The largest absolute Gasteiger partial charge is 0.493 e. The molecule has 0 bridgehead atoms. The fourth-order valence-electron chi connectivity index (χ4n) is 4.42. The van der Waals surface area contributed by atoms with Crippen molar-refractivity contribution in [3.8, 4) is 23.3 Å². The molecule has 12 nitrogen and oxygen atoms in total. The molecular weight excluding hydrogens is 726 g/mol. The third-order valence-electron chi connectivity index (χ3n) is 6.54. The summed E-state index contributed by atoms with van der Waals surface area (Å²) >= 11 is 6.96. The molecule has 1 aliphatic rings. The maximum Gasteiger partial charge on any atom is 0.338 e. The Hall–Kier alpha value is -4.87. The number of carbonyl (C=O) groups is 3. The van der Waals surface area contributed by atoms with Crippen molar-refractivity contribution in [2.24, 2.45) is 5.10 Å². The van der Waals surface area contributed by atoms with Crippen molar-refractivity contribution < 1.29 is 33.3 Å². The number of amides is 3. The highest BCUT2D eigenvalue weighted by Gasteiger charge is 2.32. The number of hydrogen-bond acceptors (Lipinski definition) is 9. The van der Waals surface area contributed by atoms with Gasteiger partial charge in [0.05, 0.1) is 47.7 Å². The van der Waals surface area contributed by atoms with Crippen LogP contribution in [0.3, 0.4) is 0 Å². The molecule has 3 aromatic rings. The minimum absolute atomic E-state index is 0.174. The summed E-state index contributed by atoms with van der Waals surface area (Å²) < 4.78 is 23.8. The number of benzene rings is 3. The van der Waals surface area contributed by atoms with E-state index in [1.165, 1.54) is 13.3 Å². The van der Waals surface area contributed by atoms with Crippen LogP contribution in [0.25, 0.3) is 0 Å². The molecule has 0 radical (unpaired) electrons. The van der Waals surface area contributed by atoms with Crippen molar-refractivity contribution in [2.45, 2.75) is 26.5 Å². The first-order valence-electron chi connectivity index (χ1n) is 13.8. The second kappa shape index (κ2) is 15.9. The summed E-state index contributed by atoms with van der Waals surface area (Å²) in [7, 11) is 1.43. The van der Waals surface area contributed by atoms with E-state index in [2.05, 4.69) is 59.1 Å². The van der Waals surface area contributed by atoms with E-state index in [9.17, 15) is 14.4 Å². The van der Waals surface area contributed by atoms with Crippen molar-refractivity contribution >= 4 is 56.0 Å². The number of rotatable bonds is 12. The molecule has 1 aliphatic heterocycles. The lowest BCUT2D eigenvalue weighted by Gasteiger charge is -2.28. The van der Waals surface area contributed by atoms with Crippen LogP contribution in [-0.2, 0) is 20.9 Å². The standard InChI is InChI=1S/C32H29Br2N5O7/c1-4-44-31(41)28-18(2)37-32(42)38-29(28)21-9-10-25(26(12-21)43-3)45-17-27(40)39-36-15-22-11-23(33)13-24(34)30(22)46-16-20-7-5-19(14-35)6-8-20/h5-13,15,29H,4,16-17H2,1-3H3,(H,39,40)(H2,37,38,42)/b36-15+/t29-/m0/s1. The predicted molar refractivity (Wildman–Crippen MR) is 175 cm³/mol. The molecule has 238 valence electrons. The summed E-state index contributed by atoms with van der Waals surface area (Å²) in [6, 6.07) is 16.3. The maximum atomic E-state index is 12.6. The third kappa shape index (κ3) is 8.64. The van der Waals surface area contributed by atoms with Crippen molar-refractivity contribution in [1.29, 1.82) is 5.26 Å². The Morgan fingerprint density at radius 1 is 1.09 bits per heavy atom. The van der Waals surface area contributed by atoms with E-state index >= 15 is 0 Å². The number of halogens is 2. The predicted octanol–water partition coefficient (Wildman–Crippen LogP) is 5.39. The fraction of sp³-hybridized carbons (Fsp3) is 0.219. The van der Waals surface area contributed by atoms with Crippen LogP contribution in [0, 0.1) is 11.3 Å². The first-order chi connectivity index (χ1) is 22.1. The lowest BCUT2D eigenvalue weighted by molar-refractivity contribution is -0.139. The summed E-state index contributed by atoms with van der Waals surface area (Å²) in [6.45, 7) is 3.36. The molecule has 0 saturated carbocycles. The molecule has 0 saturated heterocycles. The molecule has 1 heterocycles. The second-order valence-electron chi connectivity index (χ2n) is 9.69. The maximum absolute atomic E-state index is 12.6. The molecule has 3 amide bonds. The summed E-state index contributed by atoms with van der Waals surface area (Å²) in [5.41, 5.74) is 5.63. The lowest BCUT2D eigenvalue weighted by atomic mass is 9.95. The van der Waals surface area contributed by atoms with Crippen LogP contribution in [0.15, 0.2) is 79.9 Å². The van der Waals surface area contributed by atoms with Gasteiger partial charge in [-0.25, -0.2) is 15.0 Å². The number of allylic oxidation sites excluding steroid dienone is 1. The molecule has 0 unspecified atom stereocenters. The van der Waals surface area contributed by atoms with Crippen molar-refractivity contribution in [3.63, 3.8) is 0 Å². The van der Waals surface area contributed by atoms with Gasteiger partial charge < -0.3 is 29.6 Å². The zero-order valence-electron chi connectivity index (χ0n) is 25.0. The highest BCUT2D eigenvalue weighted by Crippen LogP contribution is 2.35. The number of urea groups is 1. The quantitative estimate of drug-likeness (QED) is 0.126. The molecule has 3 aromatic carbocycles. The SMILES string of the molecule is CCOC(=O)C1=C(C)NC(=O)N[C@H]1c1ccc(OCC(=O)N/N=C/c2cc(Br)cc(Br)c2OCc2ccc(C#N)cc2)c(OC)c1. The van der Waals surface area contributed by atoms with E-state index in [0.717, 1.165) is 10.0 Å². The molecule has 14 heteroatoms. The highest BCUT2D eigenvalue weighted by molar-refractivity contribution is 9.11. The molecule has 1 atom stereocenters. The van der Waals surface area contributed by atoms with E-state index < -0.39 is 23.9 Å². The van der Waals surface area contributed by atoms with Crippen LogP contribution >= 0.6 is 31.9 Å². The van der Waals surface area contributed by atoms with Crippen LogP contribution < -0.4 is 30.3 Å². The summed E-state index contributed by atoms with van der Waals surface area (Å²) in [5.74, 6) is -0.0452. The molecule has 3 N–H and O–H groups in total. The first-order valence-corrected chi connectivity index (χ1v) is 15.4. The number of nitrogens with zero attached hydrogens (tertiary/aromatic N) is 2. The molecule has 0 aliphatic carbocycles. The van der Waals surface area contributed by atoms with Crippen LogP contribution in [0.2, 0.25) is 0 Å². The summed E-state index contributed by atoms with van der Waals surface area (Å²) in [4.78, 5) is 37.4. The van der Waals surface area contributed by atoms with E-state index in [0.29, 0.717) is 32.6 Å². The van der Waals surface area contributed by atoms with Gasteiger partial charge in [0.1, 0.15) is 12.4 Å². The Morgan fingerprint density at radius 2 is 1.85 bits per heavy atom. The smallest absolute Gasteiger partial charge is 0.338 e. The van der Waals surface area contributed by atoms with Crippen LogP contribution in [0.1, 0.15) is 42.1 Å². The van der Waals surface area contributed by atoms with Gasteiger partial charge in [-0.05, 0) is 77.3 Å². The number of ether oxygens (including phenoxy) is 4. The number of hydrazone groups is 1. The second-order valence-corrected chi connectivity index (χ2v) is 11.5.